The third-order valence-electron chi connectivity index (χ3n) is 5.10. The number of amides is 1. The van der Waals surface area contributed by atoms with E-state index >= 15 is 0 Å². The molecule has 0 radical (unpaired) electrons. The molecule has 1 fully saturated rings. The van der Waals surface area contributed by atoms with E-state index in [-0.39, 0.29) is 11.8 Å². The second-order valence-electron chi connectivity index (χ2n) is 6.77. The molecule has 1 amide bonds. The van der Waals surface area contributed by atoms with Gasteiger partial charge in [0.2, 0.25) is 5.91 Å². The fraction of sp³-hybridized carbons (Fsp3) is 0.650. The third-order valence-corrected chi connectivity index (χ3v) is 5.10. The molecule has 134 valence electrons. The SMILES string of the molecule is CCCCC1CCC(C(=O)NCc2ccc(OC)c(OC)c2)CC1. The van der Waals surface area contributed by atoms with Crippen LogP contribution in [0.1, 0.15) is 57.4 Å². The van der Waals surface area contributed by atoms with Crippen LogP contribution < -0.4 is 14.8 Å². The monoisotopic (exact) mass is 333 g/mol. The van der Waals surface area contributed by atoms with E-state index in [2.05, 4.69) is 12.2 Å². The average Bonchev–Trinajstić information content (AvgIpc) is 2.64. The van der Waals surface area contributed by atoms with E-state index in [0.29, 0.717) is 18.0 Å². The molecule has 0 unspecified atom stereocenters. The molecule has 1 aromatic carbocycles. The van der Waals surface area contributed by atoms with E-state index in [4.69, 9.17) is 9.47 Å². The maximum absolute atomic E-state index is 12.4. The maximum Gasteiger partial charge on any atom is 0.223 e. The van der Waals surface area contributed by atoms with E-state index in [1.165, 1.54) is 32.1 Å². The van der Waals surface area contributed by atoms with Gasteiger partial charge < -0.3 is 14.8 Å². The van der Waals surface area contributed by atoms with Crippen molar-refractivity contribution in [2.75, 3.05) is 14.2 Å². The number of unbranched alkanes of at least 4 members (excludes halogenated alkanes) is 1. The molecule has 0 heterocycles. The van der Waals surface area contributed by atoms with Crippen molar-refractivity contribution >= 4 is 5.91 Å². The van der Waals surface area contributed by atoms with Crippen molar-refractivity contribution in [1.82, 2.24) is 5.32 Å². The van der Waals surface area contributed by atoms with Gasteiger partial charge in [-0.05, 0) is 49.3 Å². The number of nitrogens with one attached hydrogen (secondary N) is 1. The molecule has 0 spiro atoms. The Morgan fingerprint density at radius 3 is 2.46 bits per heavy atom. The van der Waals surface area contributed by atoms with Gasteiger partial charge in [0.1, 0.15) is 0 Å². The number of ether oxygens (including phenoxy) is 2. The second kappa shape index (κ2) is 9.55. The van der Waals surface area contributed by atoms with Crippen LogP contribution >= 0.6 is 0 Å². The summed E-state index contributed by atoms with van der Waals surface area (Å²) in [5.74, 6) is 2.61. The number of rotatable bonds is 8. The minimum atomic E-state index is 0.183. The van der Waals surface area contributed by atoms with E-state index in [9.17, 15) is 4.79 Å². The number of hydrogen-bond donors (Lipinski definition) is 1. The second-order valence-corrected chi connectivity index (χ2v) is 6.77. The van der Waals surface area contributed by atoms with Crippen LogP contribution in [0.25, 0.3) is 0 Å². The summed E-state index contributed by atoms with van der Waals surface area (Å²) >= 11 is 0. The Bertz CT molecular complexity index is 522. The molecule has 4 nitrogen and oxygen atoms in total. The van der Waals surface area contributed by atoms with Gasteiger partial charge in [-0.1, -0.05) is 32.3 Å². The van der Waals surface area contributed by atoms with Crippen molar-refractivity contribution in [1.29, 1.82) is 0 Å². The Morgan fingerprint density at radius 1 is 1.12 bits per heavy atom. The largest absolute Gasteiger partial charge is 0.493 e. The summed E-state index contributed by atoms with van der Waals surface area (Å²) in [6.45, 7) is 2.78. The smallest absolute Gasteiger partial charge is 0.223 e. The highest BCUT2D eigenvalue weighted by atomic mass is 16.5. The molecule has 1 aliphatic carbocycles. The minimum absolute atomic E-state index is 0.183. The van der Waals surface area contributed by atoms with Crippen molar-refractivity contribution in [3.05, 3.63) is 23.8 Å². The molecule has 1 N–H and O–H groups in total. The number of carbonyl (C=O) groups is 1. The number of carbonyl (C=O) groups excluding carboxylic acids is 1. The van der Waals surface area contributed by atoms with Crippen LogP contribution in [0.15, 0.2) is 18.2 Å². The van der Waals surface area contributed by atoms with Crippen LogP contribution in [0.2, 0.25) is 0 Å². The van der Waals surface area contributed by atoms with Gasteiger partial charge in [-0.25, -0.2) is 0 Å². The van der Waals surface area contributed by atoms with E-state index in [0.717, 1.165) is 24.3 Å². The Labute approximate surface area is 145 Å². The standard InChI is InChI=1S/C20H31NO3/c1-4-5-6-15-7-10-17(11-8-15)20(22)21-14-16-9-12-18(23-2)19(13-16)24-3/h9,12-13,15,17H,4-8,10-11,14H2,1-3H3,(H,21,22). The predicted octanol–water partition coefficient (Wildman–Crippen LogP) is 4.32. The third kappa shape index (κ3) is 5.15. The molecular weight excluding hydrogens is 302 g/mol. The first-order valence-electron chi connectivity index (χ1n) is 9.16. The van der Waals surface area contributed by atoms with E-state index in [1.807, 2.05) is 18.2 Å². The van der Waals surface area contributed by atoms with Gasteiger partial charge >= 0.3 is 0 Å². The Morgan fingerprint density at radius 2 is 1.83 bits per heavy atom. The van der Waals surface area contributed by atoms with Gasteiger partial charge in [-0.3, -0.25) is 4.79 Å². The molecule has 0 saturated heterocycles. The first-order valence-corrected chi connectivity index (χ1v) is 9.16. The molecule has 0 bridgehead atoms. The predicted molar refractivity (Wildman–Crippen MR) is 96.4 cm³/mol. The minimum Gasteiger partial charge on any atom is -0.493 e. The van der Waals surface area contributed by atoms with E-state index in [1.54, 1.807) is 14.2 Å². The number of benzene rings is 1. The highest BCUT2D eigenvalue weighted by molar-refractivity contribution is 5.78. The summed E-state index contributed by atoms with van der Waals surface area (Å²) < 4.78 is 10.5. The van der Waals surface area contributed by atoms with Crippen LogP contribution in [0.4, 0.5) is 0 Å². The van der Waals surface area contributed by atoms with Crippen LogP contribution in [-0.2, 0) is 11.3 Å². The number of hydrogen-bond acceptors (Lipinski definition) is 3. The average molecular weight is 333 g/mol. The lowest BCUT2D eigenvalue weighted by atomic mass is 9.79. The lowest BCUT2D eigenvalue weighted by Gasteiger charge is -2.27. The summed E-state index contributed by atoms with van der Waals surface area (Å²) in [5, 5.41) is 3.08. The first kappa shape index (κ1) is 18.6. The van der Waals surface area contributed by atoms with Gasteiger partial charge in [0.05, 0.1) is 14.2 Å². The molecule has 0 aromatic heterocycles. The molecule has 1 saturated carbocycles. The zero-order valence-electron chi connectivity index (χ0n) is 15.3. The highest BCUT2D eigenvalue weighted by Gasteiger charge is 2.25. The van der Waals surface area contributed by atoms with Crippen molar-refractivity contribution < 1.29 is 14.3 Å². The van der Waals surface area contributed by atoms with Gasteiger partial charge in [-0.2, -0.15) is 0 Å². The van der Waals surface area contributed by atoms with Crippen LogP contribution in [0, 0.1) is 11.8 Å². The molecule has 0 aliphatic heterocycles. The Kier molecular flexibility index (Phi) is 7.41. The quantitative estimate of drug-likeness (QED) is 0.771. The van der Waals surface area contributed by atoms with Crippen molar-refractivity contribution in [3.63, 3.8) is 0 Å². The Hall–Kier alpha value is -1.71. The van der Waals surface area contributed by atoms with Gasteiger partial charge in [0.25, 0.3) is 0 Å². The van der Waals surface area contributed by atoms with Gasteiger partial charge in [0, 0.05) is 12.5 Å². The summed E-state index contributed by atoms with van der Waals surface area (Å²) in [7, 11) is 3.24. The van der Waals surface area contributed by atoms with E-state index < -0.39 is 0 Å². The maximum atomic E-state index is 12.4. The molecule has 4 heteroatoms. The summed E-state index contributed by atoms with van der Waals surface area (Å²) in [6.07, 6.45) is 8.39. The zero-order chi connectivity index (χ0) is 17.4. The van der Waals surface area contributed by atoms with Crippen LogP contribution in [0.3, 0.4) is 0 Å². The van der Waals surface area contributed by atoms with Crippen molar-refractivity contribution in [3.8, 4) is 11.5 Å². The molecule has 1 aromatic rings. The van der Waals surface area contributed by atoms with Crippen LogP contribution in [0.5, 0.6) is 11.5 Å². The summed E-state index contributed by atoms with van der Waals surface area (Å²) in [4.78, 5) is 12.4. The fourth-order valence-electron chi connectivity index (χ4n) is 3.53. The summed E-state index contributed by atoms with van der Waals surface area (Å²) in [6, 6.07) is 5.75. The molecule has 0 atom stereocenters. The lowest BCUT2D eigenvalue weighted by Crippen LogP contribution is -2.32. The molecular formula is C20H31NO3. The Balaban J connectivity index is 1.79. The summed E-state index contributed by atoms with van der Waals surface area (Å²) in [5.41, 5.74) is 1.03. The lowest BCUT2D eigenvalue weighted by molar-refractivity contribution is -0.126. The zero-order valence-corrected chi connectivity index (χ0v) is 15.3. The van der Waals surface area contributed by atoms with Crippen LogP contribution in [-0.4, -0.2) is 20.1 Å². The molecule has 2 rings (SSSR count). The van der Waals surface area contributed by atoms with Crippen molar-refractivity contribution in [2.45, 2.75) is 58.4 Å². The topological polar surface area (TPSA) is 47.6 Å². The molecule has 1 aliphatic rings. The normalized spacial score (nSPS) is 20.5. The first-order chi connectivity index (χ1) is 11.7. The molecule has 24 heavy (non-hydrogen) atoms. The van der Waals surface area contributed by atoms with Gasteiger partial charge in [-0.15, -0.1) is 0 Å². The van der Waals surface area contributed by atoms with Gasteiger partial charge in [0.15, 0.2) is 11.5 Å². The fourth-order valence-corrected chi connectivity index (χ4v) is 3.53. The number of methoxy groups -OCH3 is 2. The highest BCUT2D eigenvalue weighted by Crippen LogP contribution is 2.32. The van der Waals surface area contributed by atoms with Crippen molar-refractivity contribution in [2.24, 2.45) is 11.8 Å².